The van der Waals surface area contributed by atoms with Crippen molar-refractivity contribution in [1.82, 2.24) is 10.2 Å². The number of alkyl halides is 1. The summed E-state index contributed by atoms with van der Waals surface area (Å²) in [4.78, 5) is 0. The van der Waals surface area contributed by atoms with Gasteiger partial charge in [0.05, 0.1) is 0 Å². The van der Waals surface area contributed by atoms with E-state index in [1.807, 2.05) is 0 Å². The van der Waals surface area contributed by atoms with Crippen molar-refractivity contribution in [3.63, 3.8) is 0 Å². The first-order valence-corrected chi connectivity index (χ1v) is 6.38. The maximum Gasteiger partial charge on any atom is 0.315 e. The lowest BCUT2D eigenvalue weighted by Crippen LogP contribution is -2.01. The van der Waals surface area contributed by atoms with E-state index in [4.69, 9.17) is 16.0 Å². The lowest BCUT2D eigenvalue weighted by Gasteiger charge is -2.06. The van der Waals surface area contributed by atoms with Crippen molar-refractivity contribution in [2.24, 2.45) is 0 Å². The number of hydrogen-bond acceptors (Lipinski definition) is 4. The second kappa shape index (κ2) is 5.57. The van der Waals surface area contributed by atoms with E-state index in [1.165, 1.54) is 0 Å². The van der Waals surface area contributed by atoms with Crippen LogP contribution >= 0.6 is 11.6 Å². The highest BCUT2D eigenvalue weighted by atomic mass is 35.5. The van der Waals surface area contributed by atoms with Crippen LogP contribution in [0.25, 0.3) is 0 Å². The summed E-state index contributed by atoms with van der Waals surface area (Å²) in [6, 6.07) is 3.88. The predicted molar refractivity (Wildman–Crippen MR) is 71.8 cm³/mol. The summed E-state index contributed by atoms with van der Waals surface area (Å²) in [5.41, 5.74) is 2.20. The Kier molecular flexibility index (Phi) is 4.04. The Balaban J connectivity index is 2.06. The number of halogens is 2. The normalized spacial score (nSPS) is 12.5. The summed E-state index contributed by atoms with van der Waals surface area (Å²) in [5, 5.41) is 10.3. The Bertz CT molecular complexity index is 560. The lowest BCUT2D eigenvalue weighted by molar-refractivity contribution is 0.505. The van der Waals surface area contributed by atoms with Gasteiger partial charge in [0, 0.05) is 6.54 Å². The van der Waals surface area contributed by atoms with Gasteiger partial charge in [0.25, 0.3) is 0 Å². The first kappa shape index (κ1) is 13.8. The van der Waals surface area contributed by atoms with Crippen molar-refractivity contribution in [1.29, 1.82) is 0 Å². The molecule has 102 valence electrons. The molecule has 1 N–H and O–H groups in total. The summed E-state index contributed by atoms with van der Waals surface area (Å²) in [7, 11) is 0. The van der Waals surface area contributed by atoms with Gasteiger partial charge in [-0.3, -0.25) is 0 Å². The molecule has 19 heavy (non-hydrogen) atoms. The van der Waals surface area contributed by atoms with Crippen molar-refractivity contribution in [2.75, 3.05) is 5.32 Å². The van der Waals surface area contributed by atoms with Gasteiger partial charge >= 0.3 is 6.01 Å². The molecule has 0 amide bonds. The van der Waals surface area contributed by atoms with Gasteiger partial charge in [0.1, 0.15) is 11.2 Å². The number of hydrogen-bond donors (Lipinski definition) is 1. The van der Waals surface area contributed by atoms with Gasteiger partial charge in [-0.2, -0.15) is 0 Å². The summed E-state index contributed by atoms with van der Waals surface area (Å²) >= 11 is 5.83. The number of nitrogens with zero attached hydrogens (tertiary/aromatic N) is 2. The molecule has 1 aromatic heterocycles. The van der Waals surface area contributed by atoms with Crippen molar-refractivity contribution in [3.05, 3.63) is 40.5 Å². The van der Waals surface area contributed by atoms with E-state index in [-0.39, 0.29) is 11.2 Å². The van der Waals surface area contributed by atoms with Gasteiger partial charge in [-0.25, -0.2) is 4.39 Å². The van der Waals surface area contributed by atoms with E-state index in [2.05, 4.69) is 15.5 Å². The molecule has 1 heterocycles. The lowest BCUT2D eigenvalue weighted by atomic mass is 10.1. The third-order valence-electron chi connectivity index (χ3n) is 2.72. The highest BCUT2D eigenvalue weighted by Crippen LogP contribution is 2.20. The fourth-order valence-electron chi connectivity index (χ4n) is 1.78. The van der Waals surface area contributed by atoms with Crippen LogP contribution in [0.4, 0.5) is 10.4 Å². The first-order valence-electron chi connectivity index (χ1n) is 5.94. The van der Waals surface area contributed by atoms with Gasteiger partial charge in [-0.15, -0.1) is 16.7 Å². The molecule has 0 aliphatic carbocycles. The van der Waals surface area contributed by atoms with Crippen molar-refractivity contribution < 1.29 is 8.81 Å². The van der Waals surface area contributed by atoms with Gasteiger partial charge in [0.15, 0.2) is 0 Å². The average molecular weight is 284 g/mol. The van der Waals surface area contributed by atoms with Crippen LogP contribution in [0.2, 0.25) is 0 Å². The number of aryl methyl sites for hydroxylation is 2. The topological polar surface area (TPSA) is 51.0 Å². The highest BCUT2D eigenvalue weighted by molar-refractivity contribution is 6.20. The number of benzene rings is 1. The zero-order valence-corrected chi connectivity index (χ0v) is 11.8. The third kappa shape index (κ3) is 3.23. The first-order chi connectivity index (χ1) is 8.97. The van der Waals surface area contributed by atoms with E-state index in [9.17, 15) is 4.39 Å². The molecule has 2 aromatic rings. The number of anilines is 1. The van der Waals surface area contributed by atoms with Crippen LogP contribution < -0.4 is 5.32 Å². The number of aromatic nitrogens is 2. The summed E-state index contributed by atoms with van der Waals surface area (Å²) < 4.78 is 18.8. The van der Waals surface area contributed by atoms with Crippen molar-refractivity contribution in [2.45, 2.75) is 32.7 Å². The molecule has 0 radical (unpaired) electrons. The smallest absolute Gasteiger partial charge is 0.315 e. The Labute approximate surface area is 116 Å². The van der Waals surface area contributed by atoms with Gasteiger partial charge in [0.2, 0.25) is 5.89 Å². The molecule has 0 saturated heterocycles. The molecule has 0 aliphatic rings. The van der Waals surface area contributed by atoms with Gasteiger partial charge in [-0.05, 0) is 37.5 Å². The molecule has 0 aliphatic heterocycles. The van der Waals surface area contributed by atoms with Crippen LogP contribution in [0.3, 0.4) is 0 Å². The van der Waals surface area contributed by atoms with E-state index in [1.54, 1.807) is 32.9 Å². The Morgan fingerprint density at radius 1 is 1.32 bits per heavy atom. The van der Waals surface area contributed by atoms with Crippen LogP contribution in [0.15, 0.2) is 16.5 Å². The van der Waals surface area contributed by atoms with Crippen molar-refractivity contribution in [3.8, 4) is 0 Å². The average Bonchev–Trinajstić information content (AvgIpc) is 2.82. The minimum absolute atomic E-state index is 0.167. The monoisotopic (exact) mass is 283 g/mol. The Morgan fingerprint density at radius 3 is 2.47 bits per heavy atom. The minimum Gasteiger partial charge on any atom is -0.406 e. The molecule has 0 saturated carbocycles. The molecule has 0 fully saturated rings. The molecule has 1 unspecified atom stereocenters. The summed E-state index contributed by atoms with van der Waals surface area (Å²) in [5.74, 6) is 0.204. The summed E-state index contributed by atoms with van der Waals surface area (Å²) in [6.45, 7) is 5.73. The fourth-order valence-corrected chi connectivity index (χ4v) is 1.87. The SMILES string of the molecule is Cc1cc(CNc2nnc(C(C)Cl)o2)cc(C)c1F. The number of nitrogens with one attached hydrogen (secondary N) is 1. The fraction of sp³-hybridized carbons (Fsp3) is 0.385. The minimum atomic E-state index is -0.321. The van der Waals surface area contributed by atoms with E-state index < -0.39 is 0 Å². The van der Waals surface area contributed by atoms with E-state index >= 15 is 0 Å². The second-order valence-corrected chi connectivity index (χ2v) is 5.11. The molecule has 1 aromatic carbocycles. The Morgan fingerprint density at radius 2 is 1.95 bits per heavy atom. The predicted octanol–water partition coefficient (Wildman–Crippen LogP) is 3.74. The number of rotatable bonds is 4. The van der Waals surface area contributed by atoms with Crippen LogP contribution in [0.1, 0.15) is 34.9 Å². The van der Waals surface area contributed by atoms with Gasteiger partial charge in [-0.1, -0.05) is 17.2 Å². The van der Waals surface area contributed by atoms with E-state index in [0.717, 1.165) is 5.56 Å². The molecular weight excluding hydrogens is 269 g/mol. The summed E-state index contributed by atoms with van der Waals surface area (Å²) in [6.07, 6.45) is 0. The van der Waals surface area contributed by atoms with Crippen LogP contribution in [0.5, 0.6) is 0 Å². The molecule has 0 spiro atoms. The molecule has 0 bridgehead atoms. The maximum atomic E-state index is 13.5. The Hall–Kier alpha value is -1.62. The third-order valence-corrected chi connectivity index (χ3v) is 2.91. The van der Waals surface area contributed by atoms with Crippen LogP contribution in [0, 0.1) is 19.7 Å². The molecule has 6 heteroatoms. The van der Waals surface area contributed by atoms with E-state index in [0.29, 0.717) is 29.6 Å². The zero-order valence-electron chi connectivity index (χ0n) is 11.0. The molecule has 4 nitrogen and oxygen atoms in total. The van der Waals surface area contributed by atoms with Crippen LogP contribution in [-0.2, 0) is 6.54 Å². The highest BCUT2D eigenvalue weighted by Gasteiger charge is 2.11. The standard InChI is InChI=1S/C13H15ClFN3O/c1-7-4-10(5-8(2)11(7)15)6-16-13-18-17-12(19-13)9(3)14/h4-5,9H,6H2,1-3H3,(H,16,18). The maximum absolute atomic E-state index is 13.5. The zero-order chi connectivity index (χ0) is 14.0. The largest absolute Gasteiger partial charge is 0.406 e. The van der Waals surface area contributed by atoms with Gasteiger partial charge < -0.3 is 9.73 Å². The second-order valence-electron chi connectivity index (χ2n) is 4.46. The van der Waals surface area contributed by atoms with Crippen LogP contribution in [-0.4, -0.2) is 10.2 Å². The molecule has 1 atom stereocenters. The molecular formula is C13H15ClFN3O. The quantitative estimate of drug-likeness (QED) is 0.869. The molecule has 2 rings (SSSR count). The van der Waals surface area contributed by atoms with Crippen molar-refractivity contribution >= 4 is 17.6 Å².